The van der Waals surface area contributed by atoms with E-state index in [0.29, 0.717) is 18.8 Å². The Kier molecular flexibility index (Phi) is 6.86. The quantitative estimate of drug-likeness (QED) is 0.742. The summed E-state index contributed by atoms with van der Waals surface area (Å²) in [4.78, 5) is 28.4. The Bertz CT molecular complexity index is 789. The number of nitrogens with zero attached hydrogens (tertiary/aromatic N) is 2. The minimum absolute atomic E-state index is 0.440. The molecule has 0 aliphatic carbocycles. The molecule has 0 saturated carbocycles. The molecule has 1 heterocycles. The lowest BCUT2D eigenvalue weighted by Crippen LogP contribution is -2.49. The molecule has 0 atom stereocenters. The molecule has 0 bridgehead atoms. The molecule has 7 heteroatoms. The Balaban J connectivity index is 1.38. The van der Waals surface area contributed by atoms with Crippen molar-refractivity contribution in [2.75, 3.05) is 56.6 Å². The summed E-state index contributed by atoms with van der Waals surface area (Å²) in [5.41, 5.74) is 1.71. The largest absolute Gasteiger partial charge is 0.495 e. The molecule has 1 aliphatic rings. The Morgan fingerprint density at radius 1 is 0.929 bits per heavy atom. The monoisotopic (exact) mass is 382 g/mol. The third-order valence-electron chi connectivity index (χ3n) is 4.75. The smallest absolute Gasteiger partial charge is 0.313 e. The van der Waals surface area contributed by atoms with Gasteiger partial charge in [0, 0.05) is 45.0 Å². The van der Waals surface area contributed by atoms with Gasteiger partial charge in [-0.3, -0.25) is 14.5 Å². The summed E-state index contributed by atoms with van der Waals surface area (Å²) in [6.07, 6.45) is 0. The van der Waals surface area contributed by atoms with Crippen molar-refractivity contribution in [2.24, 2.45) is 0 Å². The lowest BCUT2D eigenvalue weighted by atomic mass is 10.2. The van der Waals surface area contributed by atoms with Gasteiger partial charge in [-0.2, -0.15) is 0 Å². The highest BCUT2D eigenvalue weighted by molar-refractivity contribution is 6.39. The van der Waals surface area contributed by atoms with E-state index in [0.717, 1.165) is 37.6 Å². The minimum Gasteiger partial charge on any atom is -0.495 e. The summed E-state index contributed by atoms with van der Waals surface area (Å²) in [6, 6.07) is 17.0. The van der Waals surface area contributed by atoms with Gasteiger partial charge in [0.2, 0.25) is 0 Å². The molecular weight excluding hydrogens is 356 g/mol. The first-order valence-electron chi connectivity index (χ1n) is 9.42. The maximum atomic E-state index is 11.9. The molecular formula is C21H26N4O3. The number of hydrogen-bond acceptors (Lipinski definition) is 5. The molecule has 0 spiro atoms. The van der Waals surface area contributed by atoms with E-state index < -0.39 is 11.8 Å². The number of para-hydroxylation sites is 3. The first kappa shape index (κ1) is 19.7. The van der Waals surface area contributed by atoms with Crippen molar-refractivity contribution >= 4 is 23.2 Å². The fourth-order valence-electron chi connectivity index (χ4n) is 3.22. The average Bonchev–Trinajstić information content (AvgIpc) is 2.75. The maximum Gasteiger partial charge on any atom is 0.313 e. The van der Waals surface area contributed by atoms with E-state index >= 15 is 0 Å². The van der Waals surface area contributed by atoms with Gasteiger partial charge >= 0.3 is 11.8 Å². The standard InChI is InChI=1S/C21H26N4O3/c1-28-19-10-6-5-9-18(19)25-15-13-24(14-16-25)12-11-22-20(26)21(27)23-17-7-3-2-4-8-17/h2-10H,11-16H2,1H3,(H,22,26)(H,23,27). The van der Waals surface area contributed by atoms with Gasteiger partial charge in [0.05, 0.1) is 12.8 Å². The molecule has 2 N–H and O–H groups in total. The summed E-state index contributed by atoms with van der Waals surface area (Å²) < 4.78 is 5.44. The second-order valence-corrected chi connectivity index (χ2v) is 6.58. The van der Waals surface area contributed by atoms with Crippen LogP contribution < -0.4 is 20.3 Å². The van der Waals surface area contributed by atoms with E-state index in [2.05, 4.69) is 26.5 Å². The first-order chi connectivity index (χ1) is 13.7. The summed E-state index contributed by atoms with van der Waals surface area (Å²) in [6.45, 7) is 4.72. The number of ether oxygens (including phenoxy) is 1. The molecule has 2 aromatic rings. The number of anilines is 2. The van der Waals surface area contributed by atoms with E-state index in [1.165, 1.54) is 0 Å². The maximum absolute atomic E-state index is 11.9. The zero-order valence-electron chi connectivity index (χ0n) is 16.1. The van der Waals surface area contributed by atoms with E-state index in [9.17, 15) is 9.59 Å². The van der Waals surface area contributed by atoms with Crippen molar-refractivity contribution in [3.63, 3.8) is 0 Å². The molecule has 28 heavy (non-hydrogen) atoms. The highest BCUT2D eigenvalue weighted by Gasteiger charge is 2.20. The number of rotatable bonds is 6. The molecule has 148 valence electrons. The van der Waals surface area contributed by atoms with Gasteiger partial charge in [0.1, 0.15) is 5.75 Å². The van der Waals surface area contributed by atoms with Crippen LogP contribution >= 0.6 is 0 Å². The van der Waals surface area contributed by atoms with Gasteiger partial charge in [0.25, 0.3) is 0 Å². The number of nitrogens with one attached hydrogen (secondary N) is 2. The van der Waals surface area contributed by atoms with Crippen molar-refractivity contribution in [3.05, 3.63) is 54.6 Å². The average molecular weight is 382 g/mol. The number of benzene rings is 2. The molecule has 2 aromatic carbocycles. The zero-order valence-corrected chi connectivity index (χ0v) is 16.1. The number of amides is 2. The highest BCUT2D eigenvalue weighted by atomic mass is 16.5. The van der Waals surface area contributed by atoms with Gasteiger partial charge in [0.15, 0.2) is 0 Å². The van der Waals surface area contributed by atoms with E-state index in [4.69, 9.17) is 4.74 Å². The topological polar surface area (TPSA) is 73.9 Å². The van der Waals surface area contributed by atoms with Crippen molar-refractivity contribution in [1.29, 1.82) is 0 Å². The summed E-state index contributed by atoms with van der Waals surface area (Å²) in [7, 11) is 1.69. The summed E-state index contributed by atoms with van der Waals surface area (Å²) in [5.74, 6) is -0.378. The van der Waals surface area contributed by atoms with Gasteiger partial charge in [-0.05, 0) is 24.3 Å². The third kappa shape index (κ3) is 5.23. The number of carbonyl (C=O) groups excluding carboxylic acids is 2. The Morgan fingerprint density at radius 2 is 1.61 bits per heavy atom. The predicted molar refractivity (Wildman–Crippen MR) is 110 cm³/mol. The lowest BCUT2D eigenvalue weighted by Gasteiger charge is -2.36. The zero-order chi connectivity index (χ0) is 19.8. The molecule has 0 unspecified atom stereocenters. The number of hydrogen-bond donors (Lipinski definition) is 2. The van der Waals surface area contributed by atoms with Crippen molar-refractivity contribution in [2.45, 2.75) is 0 Å². The van der Waals surface area contributed by atoms with E-state index in [1.807, 2.05) is 24.3 Å². The molecule has 1 fully saturated rings. The van der Waals surface area contributed by atoms with Crippen LogP contribution in [0.3, 0.4) is 0 Å². The summed E-state index contributed by atoms with van der Waals surface area (Å²) in [5, 5.41) is 5.27. The second-order valence-electron chi connectivity index (χ2n) is 6.58. The highest BCUT2D eigenvalue weighted by Crippen LogP contribution is 2.28. The minimum atomic E-state index is -0.646. The number of carbonyl (C=O) groups is 2. The molecule has 3 rings (SSSR count). The lowest BCUT2D eigenvalue weighted by molar-refractivity contribution is -0.136. The van der Waals surface area contributed by atoms with Crippen LogP contribution in [-0.4, -0.2) is 63.1 Å². The number of methoxy groups -OCH3 is 1. The molecule has 1 aliphatic heterocycles. The normalized spacial score (nSPS) is 14.4. The van der Waals surface area contributed by atoms with Crippen molar-refractivity contribution in [3.8, 4) is 5.75 Å². The van der Waals surface area contributed by atoms with Crippen LogP contribution in [0.1, 0.15) is 0 Å². The Hall–Kier alpha value is -3.06. The predicted octanol–water partition coefficient (Wildman–Crippen LogP) is 1.57. The van der Waals surface area contributed by atoms with Crippen LogP contribution in [0.4, 0.5) is 11.4 Å². The van der Waals surface area contributed by atoms with Gasteiger partial charge < -0.3 is 20.3 Å². The van der Waals surface area contributed by atoms with Crippen LogP contribution in [-0.2, 0) is 9.59 Å². The van der Waals surface area contributed by atoms with Crippen LogP contribution in [0, 0.1) is 0 Å². The first-order valence-corrected chi connectivity index (χ1v) is 9.42. The Labute approximate surface area is 165 Å². The van der Waals surface area contributed by atoms with E-state index in [1.54, 1.807) is 31.4 Å². The molecule has 2 amide bonds. The van der Waals surface area contributed by atoms with Gasteiger partial charge in [-0.1, -0.05) is 30.3 Å². The van der Waals surface area contributed by atoms with Crippen LogP contribution in [0.15, 0.2) is 54.6 Å². The van der Waals surface area contributed by atoms with Crippen LogP contribution in [0.5, 0.6) is 5.75 Å². The molecule has 0 aromatic heterocycles. The van der Waals surface area contributed by atoms with E-state index in [-0.39, 0.29) is 0 Å². The summed E-state index contributed by atoms with van der Waals surface area (Å²) >= 11 is 0. The van der Waals surface area contributed by atoms with Gasteiger partial charge in [-0.25, -0.2) is 0 Å². The van der Waals surface area contributed by atoms with Crippen molar-refractivity contribution < 1.29 is 14.3 Å². The SMILES string of the molecule is COc1ccccc1N1CCN(CCNC(=O)C(=O)Nc2ccccc2)CC1. The number of piperazine rings is 1. The molecule has 1 saturated heterocycles. The Morgan fingerprint density at radius 3 is 2.32 bits per heavy atom. The van der Waals surface area contributed by atoms with Gasteiger partial charge in [-0.15, -0.1) is 0 Å². The van der Waals surface area contributed by atoms with Crippen molar-refractivity contribution in [1.82, 2.24) is 10.2 Å². The molecule has 0 radical (unpaired) electrons. The fraction of sp³-hybridized carbons (Fsp3) is 0.333. The third-order valence-corrected chi connectivity index (χ3v) is 4.75. The fourth-order valence-corrected chi connectivity index (χ4v) is 3.22. The van der Waals surface area contributed by atoms with Crippen LogP contribution in [0.25, 0.3) is 0 Å². The molecule has 7 nitrogen and oxygen atoms in total. The van der Waals surface area contributed by atoms with Crippen LogP contribution in [0.2, 0.25) is 0 Å². The second kappa shape index (κ2) is 9.75.